The lowest BCUT2D eigenvalue weighted by atomic mass is 9.97. The topological polar surface area (TPSA) is 49.8 Å². The second-order valence-electron chi connectivity index (χ2n) is 6.20. The van der Waals surface area contributed by atoms with E-state index < -0.39 is 6.09 Å². The third-order valence-corrected chi connectivity index (χ3v) is 7.33. The maximum absolute atomic E-state index is 11.5. The quantitative estimate of drug-likeness (QED) is 0.517. The lowest BCUT2D eigenvalue weighted by molar-refractivity contribution is 0.0372. The fourth-order valence-corrected chi connectivity index (χ4v) is 5.02. The molecule has 2 aromatic rings. The number of carbonyl (C=O) groups is 1. The second-order valence-corrected chi connectivity index (χ2v) is 8.93. The van der Waals surface area contributed by atoms with Crippen molar-refractivity contribution in [2.75, 3.05) is 25.4 Å². The van der Waals surface area contributed by atoms with Crippen molar-refractivity contribution in [1.29, 1.82) is 0 Å². The van der Waals surface area contributed by atoms with Crippen molar-refractivity contribution in [2.45, 2.75) is 11.0 Å². The number of carboxylic acid groups (broad SMARTS) is 1. The van der Waals surface area contributed by atoms with Gasteiger partial charge in [0.15, 0.2) is 0 Å². The van der Waals surface area contributed by atoms with Gasteiger partial charge in [0.05, 0.1) is 22.8 Å². The first-order valence-electron chi connectivity index (χ1n) is 8.37. The first-order valence-corrected chi connectivity index (χ1v) is 10.9. The number of nitrogens with zero attached hydrogens (tertiary/aromatic N) is 1. The Morgan fingerprint density at radius 1 is 1.26 bits per heavy atom. The molecule has 8 heteroatoms. The highest BCUT2D eigenvalue weighted by Crippen LogP contribution is 2.37. The second kappa shape index (κ2) is 9.52. The highest BCUT2D eigenvalue weighted by Gasteiger charge is 2.31. The van der Waals surface area contributed by atoms with Crippen molar-refractivity contribution >= 4 is 57.0 Å². The van der Waals surface area contributed by atoms with Gasteiger partial charge in [0, 0.05) is 34.1 Å². The molecule has 144 valence electrons. The standard InChI is InChI=1S/C19H18BrCl2NO3S/c20-14-3-1-2-4-17(14)27-11-13-10-23(19(24)25)7-8-26-18(13)12-5-6-15(21)16(22)9-12/h1-6,9,13,18H,7-8,10-11H2,(H,24,25)/t13-,18-/m0/s1. The van der Waals surface area contributed by atoms with E-state index in [4.69, 9.17) is 27.9 Å². The van der Waals surface area contributed by atoms with E-state index >= 15 is 0 Å². The number of benzene rings is 2. The van der Waals surface area contributed by atoms with Gasteiger partial charge in [-0.25, -0.2) is 4.79 Å². The number of hydrogen-bond acceptors (Lipinski definition) is 3. The number of rotatable bonds is 4. The summed E-state index contributed by atoms with van der Waals surface area (Å²) in [5.74, 6) is 0.676. The summed E-state index contributed by atoms with van der Waals surface area (Å²) in [6.45, 7) is 1.09. The van der Waals surface area contributed by atoms with Gasteiger partial charge in [0.1, 0.15) is 0 Å². The third-order valence-electron chi connectivity index (χ3n) is 4.37. The molecular weight excluding hydrogens is 473 g/mol. The molecule has 0 aromatic heterocycles. The first-order chi connectivity index (χ1) is 13.0. The monoisotopic (exact) mass is 489 g/mol. The summed E-state index contributed by atoms with van der Waals surface area (Å²) in [7, 11) is 0. The van der Waals surface area contributed by atoms with Gasteiger partial charge < -0.3 is 14.7 Å². The molecule has 0 unspecified atom stereocenters. The molecule has 1 fully saturated rings. The van der Waals surface area contributed by atoms with Gasteiger partial charge in [-0.05, 0) is 45.8 Å². The summed E-state index contributed by atoms with van der Waals surface area (Å²) in [6.07, 6.45) is -1.18. The van der Waals surface area contributed by atoms with Crippen LogP contribution in [0.25, 0.3) is 0 Å². The zero-order valence-electron chi connectivity index (χ0n) is 14.3. The van der Waals surface area contributed by atoms with Crippen molar-refractivity contribution in [2.24, 2.45) is 5.92 Å². The van der Waals surface area contributed by atoms with E-state index in [0.717, 1.165) is 14.9 Å². The smallest absolute Gasteiger partial charge is 0.407 e. The minimum atomic E-state index is -0.927. The van der Waals surface area contributed by atoms with E-state index in [1.165, 1.54) is 4.90 Å². The SMILES string of the molecule is O=C(O)N1CCO[C@@H](c2ccc(Cl)c(Cl)c2)[C@H](CSc2ccccc2Br)C1. The fraction of sp³-hybridized carbons (Fsp3) is 0.316. The zero-order valence-corrected chi connectivity index (χ0v) is 18.2. The lowest BCUT2D eigenvalue weighted by Crippen LogP contribution is -2.35. The Morgan fingerprint density at radius 3 is 2.74 bits per heavy atom. The van der Waals surface area contributed by atoms with E-state index in [1.807, 2.05) is 30.3 Å². The molecule has 0 bridgehead atoms. The normalized spacial score (nSPS) is 20.3. The third kappa shape index (κ3) is 5.33. The van der Waals surface area contributed by atoms with Gasteiger partial charge in [-0.3, -0.25) is 0 Å². The minimum Gasteiger partial charge on any atom is -0.465 e. The minimum absolute atomic E-state index is 0.0297. The number of thioether (sulfide) groups is 1. The number of hydrogen-bond donors (Lipinski definition) is 1. The van der Waals surface area contributed by atoms with Crippen LogP contribution < -0.4 is 0 Å². The predicted molar refractivity (Wildman–Crippen MR) is 113 cm³/mol. The molecule has 2 aromatic carbocycles. The summed E-state index contributed by atoms with van der Waals surface area (Å²) in [4.78, 5) is 14.1. The average molecular weight is 491 g/mol. The van der Waals surface area contributed by atoms with Crippen molar-refractivity contribution < 1.29 is 14.6 Å². The Bertz CT molecular complexity index is 823. The Balaban J connectivity index is 1.85. The summed E-state index contributed by atoms with van der Waals surface area (Å²) in [5, 5.41) is 10.4. The number of amides is 1. The molecule has 0 spiro atoms. The van der Waals surface area contributed by atoms with Crippen LogP contribution in [0.4, 0.5) is 4.79 Å². The molecular formula is C19H18BrCl2NO3S. The van der Waals surface area contributed by atoms with Crippen molar-refractivity contribution in [3.8, 4) is 0 Å². The van der Waals surface area contributed by atoms with Gasteiger partial charge in [-0.2, -0.15) is 0 Å². The van der Waals surface area contributed by atoms with E-state index in [-0.39, 0.29) is 12.0 Å². The van der Waals surface area contributed by atoms with Gasteiger partial charge >= 0.3 is 6.09 Å². The van der Waals surface area contributed by atoms with Gasteiger partial charge in [-0.15, -0.1) is 11.8 Å². The van der Waals surface area contributed by atoms with Crippen LogP contribution >= 0.6 is 50.9 Å². The summed E-state index contributed by atoms with van der Waals surface area (Å²) in [6, 6.07) is 13.4. The van der Waals surface area contributed by atoms with Crippen LogP contribution in [0.3, 0.4) is 0 Å². The highest BCUT2D eigenvalue weighted by atomic mass is 79.9. The van der Waals surface area contributed by atoms with E-state index in [9.17, 15) is 9.90 Å². The largest absolute Gasteiger partial charge is 0.465 e. The highest BCUT2D eigenvalue weighted by molar-refractivity contribution is 9.10. The van der Waals surface area contributed by atoms with Crippen molar-refractivity contribution in [1.82, 2.24) is 4.90 Å². The molecule has 4 nitrogen and oxygen atoms in total. The molecule has 3 rings (SSSR count). The fourth-order valence-electron chi connectivity index (χ4n) is 3.03. The zero-order chi connectivity index (χ0) is 19.4. The van der Waals surface area contributed by atoms with Crippen LogP contribution in [0.2, 0.25) is 10.0 Å². The molecule has 2 atom stereocenters. The van der Waals surface area contributed by atoms with Crippen LogP contribution in [0.15, 0.2) is 51.8 Å². The van der Waals surface area contributed by atoms with Crippen LogP contribution in [-0.2, 0) is 4.74 Å². The van der Waals surface area contributed by atoms with Crippen LogP contribution in [0.5, 0.6) is 0 Å². The van der Waals surface area contributed by atoms with Gasteiger partial charge in [0.2, 0.25) is 0 Å². The van der Waals surface area contributed by atoms with E-state index in [0.29, 0.717) is 35.5 Å². The Kier molecular flexibility index (Phi) is 7.34. The van der Waals surface area contributed by atoms with Crippen LogP contribution in [0.1, 0.15) is 11.7 Å². The van der Waals surface area contributed by atoms with Crippen molar-refractivity contribution in [3.63, 3.8) is 0 Å². The molecule has 1 heterocycles. The lowest BCUT2D eigenvalue weighted by Gasteiger charge is -2.27. The Labute approximate surface area is 180 Å². The molecule has 27 heavy (non-hydrogen) atoms. The van der Waals surface area contributed by atoms with Crippen LogP contribution in [-0.4, -0.2) is 41.5 Å². The average Bonchev–Trinajstić information content (AvgIpc) is 2.86. The number of ether oxygens (including phenoxy) is 1. The van der Waals surface area contributed by atoms with E-state index in [1.54, 1.807) is 23.9 Å². The van der Waals surface area contributed by atoms with Crippen LogP contribution in [0, 0.1) is 5.92 Å². The molecule has 1 aliphatic heterocycles. The molecule has 0 saturated carbocycles. The molecule has 0 aliphatic carbocycles. The first kappa shape index (κ1) is 20.8. The Hall–Kier alpha value is -0.920. The predicted octanol–water partition coefficient (Wildman–Crippen LogP) is 6.22. The summed E-state index contributed by atoms with van der Waals surface area (Å²) >= 11 is 17.5. The van der Waals surface area contributed by atoms with Gasteiger partial charge in [0.25, 0.3) is 0 Å². The Morgan fingerprint density at radius 2 is 2.04 bits per heavy atom. The van der Waals surface area contributed by atoms with Gasteiger partial charge in [-0.1, -0.05) is 41.4 Å². The molecule has 1 aliphatic rings. The molecule has 0 radical (unpaired) electrons. The maximum atomic E-state index is 11.5. The maximum Gasteiger partial charge on any atom is 0.407 e. The molecule has 1 amide bonds. The molecule has 1 saturated heterocycles. The summed E-state index contributed by atoms with van der Waals surface area (Å²) < 4.78 is 7.08. The van der Waals surface area contributed by atoms with E-state index in [2.05, 4.69) is 15.9 Å². The number of halogens is 3. The summed E-state index contributed by atoms with van der Waals surface area (Å²) in [5.41, 5.74) is 0.911. The molecule has 1 N–H and O–H groups in total. The van der Waals surface area contributed by atoms with Crippen molar-refractivity contribution in [3.05, 3.63) is 62.5 Å².